The van der Waals surface area contributed by atoms with E-state index in [1.165, 1.54) is 27.7 Å². The predicted octanol–water partition coefficient (Wildman–Crippen LogP) is 6.34. The molecular formula is C33H26ClF3N6O2S. The van der Waals surface area contributed by atoms with Gasteiger partial charge in [-0.15, -0.1) is 17.8 Å². The van der Waals surface area contributed by atoms with Gasteiger partial charge in [-0.05, 0) is 50.4 Å². The molecule has 5 aromatic rings. The van der Waals surface area contributed by atoms with Gasteiger partial charge >= 0.3 is 6.18 Å². The summed E-state index contributed by atoms with van der Waals surface area (Å²) >= 11 is 7.79. The number of nitrogens with zero attached hydrogens (tertiary/aromatic N) is 6. The van der Waals surface area contributed by atoms with E-state index in [9.17, 15) is 23.2 Å². The molecule has 0 N–H and O–H groups in total. The van der Waals surface area contributed by atoms with Gasteiger partial charge in [-0.3, -0.25) is 14.3 Å². The zero-order valence-corrected chi connectivity index (χ0v) is 26.4. The number of terminal acetylenes is 1. The second kappa shape index (κ2) is 12.3. The van der Waals surface area contributed by atoms with Crippen LogP contribution in [0.4, 0.5) is 18.9 Å². The van der Waals surface area contributed by atoms with Crippen LogP contribution in [0.1, 0.15) is 21.8 Å². The number of rotatable bonds is 6. The molecule has 3 aromatic heterocycles. The topological polar surface area (TPSA) is 87.3 Å². The molecule has 1 aliphatic heterocycles. The van der Waals surface area contributed by atoms with E-state index in [-0.39, 0.29) is 54.2 Å². The summed E-state index contributed by atoms with van der Waals surface area (Å²) in [5.41, 5.74) is -0.107. The van der Waals surface area contributed by atoms with E-state index in [1.54, 1.807) is 24.4 Å². The SMILES string of the molecule is C#Cc1cc2nccc(-c3cc(Cl)ccc3OCCn3c(C)nc4cc(C(F)(F)F)c(N5CCN(C)CC5)c(C#N)c4c3=O)c2s1. The highest BCUT2D eigenvalue weighted by Crippen LogP contribution is 2.42. The minimum Gasteiger partial charge on any atom is -0.491 e. The quantitative estimate of drug-likeness (QED) is 0.196. The molecule has 0 bridgehead atoms. The maximum absolute atomic E-state index is 14.3. The Morgan fingerprint density at radius 1 is 1.11 bits per heavy atom. The molecule has 0 spiro atoms. The van der Waals surface area contributed by atoms with Crippen LogP contribution >= 0.6 is 22.9 Å². The number of nitriles is 1. The smallest absolute Gasteiger partial charge is 0.418 e. The van der Waals surface area contributed by atoms with Crippen molar-refractivity contribution < 1.29 is 17.9 Å². The molecule has 8 nitrogen and oxygen atoms in total. The van der Waals surface area contributed by atoms with Crippen LogP contribution in [-0.4, -0.2) is 59.3 Å². The average molecular weight is 663 g/mol. The minimum absolute atomic E-state index is 0.0185. The Hall–Kier alpha value is -4.62. The predicted molar refractivity (Wildman–Crippen MR) is 174 cm³/mol. The summed E-state index contributed by atoms with van der Waals surface area (Å²) < 4.78 is 51.3. The number of halogens is 4. The molecule has 0 atom stereocenters. The van der Waals surface area contributed by atoms with Gasteiger partial charge in [-0.25, -0.2) is 4.98 Å². The maximum atomic E-state index is 14.3. The standard InChI is InChI=1S/C33H26ClF3N6O2S/c1-4-21-16-27-31(46-21)22(7-8-39-27)23-15-20(34)5-6-28(23)45-14-13-43-19(2)40-26-17-25(33(35,36)37)30(24(18-38)29(26)32(43)44)42-11-9-41(3)10-12-42/h1,5-8,15-17H,9-14H2,2-3H3. The first kappa shape index (κ1) is 31.4. The number of hydrogen-bond acceptors (Lipinski definition) is 8. The molecule has 1 fully saturated rings. The number of alkyl halides is 3. The number of pyridine rings is 1. The van der Waals surface area contributed by atoms with Gasteiger partial charge in [0, 0.05) is 48.5 Å². The molecule has 13 heteroatoms. The third-order valence-corrected chi connectivity index (χ3v) is 9.33. The Morgan fingerprint density at radius 3 is 2.57 bits per heavy atom. The molecular weight excluding hydrogens is 637 g/mol. The maximum Gasteiger partial charge on any atom is 0.418 e. The Balaban J connectivity index is 1.38. The van der Waals surface area contributed by atoms with E-state index < -0.39 is 17.3 Å². The molecule has 46 heavy (non-hydrogen) atoms. The van der Waals surface area contributed by atoms with Gasteiger partial charge in [0.2, 0.25) is 0 Å². The van der Waals surface area contributed by atoms with Crippen LogP contribution in [0.25, 0.3) is 32.2 Å². The van der Waals surface area contributed by atoms with Crippen LogP contribution in [-0.2, 0) is 12.7 Å². The number of piperazine rings is 1. The summed E-state index contributed by atoms with van der Waals surface area (Å²) in [6, 6.07) is 11.6. The highest BCUT2D eigenvalue weighted by molar-refractivity contribution is 7.20. The molecule has 0 aliphatic carbocycles. The van der Waals surface area contributed by atoms with Crippen LogP contribution in [0.5, 0.6) is 5.75 Å². The molecule has 0 saturated carbocycles. The number of fused-ring (bicyclic) bond motifs is 2. The van der Waals surface area contributed by atoms with Crippen LogP contribution in [0.15, 0.2) is 47.4 Å². The largest absolute Gasteiger partial charge is 0.491 e. The van der Waals surface area contributed by atoms with Crippen LogP contribution < -0.4 is 15.2 Å². The Bertz CT molecular complexity index is 2140. The number of hydrogen-bond donors (Lipinski definition) is 0. The van der Waals surface area contributed by atoms with Gasteiger partial charge < -0.3 is 14.5 Å². The Labute approximate surface area is 271 Å². The Kier molecular flexibility index (Phi) is 8.38. The molecule has 0 radical (unpaired) electrons. The van der Waals surface area contributed by atoms with Gasteiger partial charge in [-0.2, -0.15) is 18.4 Å². The molecule has 1 aliphatic rings. The molecule has 0 amide bonds. The van der Waals surface area contributed by atoms with Crippen LogP contribution in [0, 0.1) is 30.6 Å². The number of benzene rings is 2. The molecule has 2 aromatic carbocycles. The van der Waals surface area contributed by atoms with Gasteiger partial charge in [0.15, 0.2) is 0 Å². The second-order valence-electron chi connectivity index (χ2n) is 10.9. The van der Waals surface area contributed by atoms with Crippen molar-refractivity contribution in [3.63, 3.8) is 0 Å². The normalized spacial score (nSPS) is 14.0. The highest BCUT2D eigenvalue weighted by Gasteiger charge is 2.38. The summed E-state index contributed by atoms with van der Waals surface area (Å²) in [4.78, 5) is 26.9. The zero-order chi connectivity index (χ0) is 32.7. The fourth-order valence-electron chi connectivity index (χ4n) is 5.73. The number of thiophene rings is 1. The summed E-state index contributed by atoms with van der Waals surface area (Å²) in [5, 5.41) is 10.5. The second-order valence-corrected chi connectivity index (χ2v) is 12.4. The molecule has 0 unspecified atom stereocenters. The third kappa shape index (κ3) is 5.76. The van der Waals surface area contributed by atoms with E-state index in [2.05, 4.69) is 15.9 Å². The van der Waals surface area contributed by atoms with Crippen molar-refractivity contribution in [3.8, 4) is 35.3 Å². The van der Waals surface area contributed by atoms with Crippen molar-refractivity contribution in [3.05, 3.63) is 79.8 Å². The van der Waals surface area contributed by atoms with Crippen LogP contribution in [0.3, 0.4) is 0 Å². The third-order valence-electron chi connectivity index (χ3n) is 8.01. The van der Waals surface area contributed by atoms with E-state index in [4.69, 9.17) is 22.8 Å². The van der Waals surface area contributed by atoms with E-state index in [0.717, 1.165) is 26.7 Å². The number of anilines is 1. The minimum atomic E-state index is -4.75. The number of aryl methyl sites for hydroxylation is 1. The first-order valence-electron chi connectivity index (χ1n) is 14.3. The van der Waals surface area contributed by atoms with Crippen molar-refractivity contribution in [2.75, 3.05) is 44.7 Å². The van der Waals surface area contributed by atoms with E-state index in [1.807, 2.05) is 30.1 Å². The summed E-state index contributed by atoms with van der Waals surface area (Å²) in [6.45, 7) is 3.18. The fraction of sp³-hybridized carbons (Fsp3) is 0.273. The zero-order valence-electron chi connectivity index (χ0n) is 24.8. The fourth-order valence-corrected chi connectivity index (χ4v) is 6.86. The van der Waals surface area contributed by atoms with Crippen molar-refractivity contribution >= 4 is 49.7 Å². The lowest BCUT2D eigenvalue weighted by molar-refractivity contribution is -0.137. The van der Waals surface area contributed by atoms with E-state index in [0.29, 0.717) is 29.4 Å². The number of ether oxygens (including phenoxy) is 1. The van der Waals surface area contributed by atoms with Crippen molar-refractivity contribution in [1.29, 1.82) is 5.26 Å². The summed E-state index contributed by atoms with van der Waals surface area (Å²) in [5.74, 6) is 3.33. The van der Waals surface area contributed by atoms with Crippen LogP contribution in [0.2, 0.25) is 5.02 Å². The molecule has 1 saturated heterocycles. The van der Waals surface area contributed by atoms with Gasteiger partial charge in [0.25, 0.3) is 5.56 Å². The molecule has 4 heterocycles. The first-order chi connectivity index (χ1) is 22.0. The monoisotopic (exact) mass is 662 g/mol. The summed E-state index contributed by atoms with van der Waals surface area (Å²) in [7, 11) is 1.88. The lowest BCUT2D eigenvalue weighted by atomic mass is 10.00. The first-order valence-corrected chi connectivity index (χ1v) is 15.5. The van der Waals surface area contributed by atoms with Gasteiger partial charge in [0.1, 0.15) is 24.3 Å². The molecule has 6 rings (SSSR count). The number of aromatic nitrogens is 3. The lowest BCUT2D eigenvalue weighted by Gasteiger charge is -2.36. The average Bonchev–Trinajstić information content (AvgIpc) is 3.46. The lowest BCUT2D eigenvalue weighted by Crippen LogP contribution is -2.45. The number of likely N-dealkylation sites (N-methyl/N-ethyl adjacent to an activating group) is 1. The van der Waals surface area contributed by atoms with E-state index >= 15 is 0 Å². The van der Waals surface area contributed by atoms with Crippen molar-refractivity contribution in [1.82, 2.24) is 19.4 Å². The van der Waals surface area contributed by atoms with Gasteiger partial charge in [-0.1, -0.05) is 17.5 Å². The van der Waals surface area contributed by atoms with Gasteiger partial charge in [0.05, 0.1) is 49.4 Å². The highest BCUT2D eigenvalue weighted by atomic mass is 35.5. The Morgan fingerprint density at radius 2 is 1.87 bits per heavy atom. The molecule has 234 valence electrons. The van der Waals surface area contributed by atoms with Crippen molar-refractivity contribution in [2.24, 2.45) is 0 Å². The van der Waals surface area contributed by atoms with Crippen molar-refractivity contribution in [2.45, 2.75) is 19.6 Å². The summed E-state index contributed by atoms with van der Waals surface area (Å²) in [6.07, 6.45) is 2.54.